The van der Waals surface area contributed by atoms with Gasteiger partial charge in [0.1, 0.15) is 0 Å². The van der Waals surface area contributed by atoms with Crippen molar-refractivity contribution in [2.75, 3.05) is 19.6 Å². The first kappa shape index (κ1) is 23.5. The summed E-state index contributed by atoms with van der Waals surface area (Å²) in [6, 6.07) is 5.37. The summed E-state index contributed by atoms with van der Waals surface area (Å²) in [6.07, 6.45) is -17.3. The Morgan fingerprint density at radius 1 is 1.14 bits per heavy atom. The largest absolute Gasteiger partial charge is 0.434 e. The maximum absolute atomic E-state index is 12.4. The molecule has 0 unspecified atom stereocenters. The van der Waals surface area contributed by atoms with Crippen LogP contribution in [0.1, 0.15) is 6.42 Å². The molecule has 0 saturated carbocycles. The van der Waals surface area contributed by atoms with Crippen LogP contribution in [0.25, 0.3) is 0 Å². The minimum atomic E-state index is -5.78. The van der Waals surface area contributed by atoms with E-state index in [1.807, 2.05) is 0 Å². The SMILES string of the molecule is O=C(OC(C(F)(F)F)C(F)(F)F)N1CC(CCNS(=O)(=O)c2ccc(Cl)cc2)C1. The number of nitrogens with one attached hydrogen (secondary N) is 1. The van der Waals surface area contributed by atoms with E-state index in [9.17, 15) is 39.6 Å². The van der Waals surface area contributed by atoms with Gasteiger partial charge >= 0.3 is 18.4 Å². The van der Waals surface area contributed by atoms with E-state index in [1.54, 1.807) is 0 Å². The van der Waals surface area contributed by atoms with E-state index < -0.39 is 34.6 Å². The minimum Gasteiger partial charge on any atom is -0.426 e. The highest BCUT2D eigenvalue weighted by molar-refractivity contribution is 7.89. The number of amides is 1. The van der Waals surface area contributed by atoms with Gasteiger partial charge in [0.25, 0.3) is 6.10 Å². The van der Waals surface area contributed by atoms with Gasteiger partial charge in [-0.1, -0.05) is 11.6 Å². The first-order valence-electron chi connectivity index (χ1n) is 8.04. The molecule has 1 amide bonds. The van der Waals surface area contributed by atoms with Crippen LogP contribution in [0.15, 0.2) is 29.2 Å². The molecule has 0 spiro atoms. The number of alkyl halides is 6. The van der Waals surface area contributed by atoms with Crippen molar-refractivity contribution in [3.05, 3.63) is 29.3 Å². The second kappa shape index (κ2) is 8.56. The lowest BCUT2D eigenvalue weighted by molar-refractivity contribution is -0.309. The molecule has 2 rings (SSSR count). The molecule has 14 heteroatoms. The lowest BCUT2D eigenvalue weighted by atomic mass is 9.97. The highest BCUT2D eigenvalue weighted by Gasteiger charge is 2.60. The number of rotatable bonds is 6. The van der Waals surface area contributed by atoms with E-state index in [0.717, 1.165) is 0 Å². The molecular formula is C15H15ClF6N2O4S. The Hall–Kier alpha value is -1.73. The molecule has 0 radical (unpaired) electrons. The maximum Gasteiger partial charge on any atom is 0.434 e. The van der Waals surface area contributed by atoms with Gasteiger partial charge in [-0.25, -0.2) is 17.9 Å². The summed E-state index contributed by atoms with van der Waals surface area (Å²) in [5.41, 5.74) is 0. The first-order chi connectivity index (χ1) is 13.2. The monoisotopic (exact) mass is 468 g/mol. The number of benzene rings is 1. The molecule has 1 aromatic rings. The number of ether oxygens (including phenoxy) is 1. The van der Waals surface area contributed by atoms with Crippen LogP contribution < -0.4 is 4.72 Å². The Labute approximate surface area is 166 Å². The van der Waals surface area contributed by atoms with Gasteiger partial charge in [0.15, 0.2) is 0 Å². The zero-order valence-corrected chi connectivity index (χ0v) is 16.0. The van der Waals surface area contributed by atoms with Crippen LogP contribution in [0.2, 0.25) is 5.02 Å². The Morgan fingerprint density at radius 3 is 2.14 bits per heavy atom. The first-order valence-corrected chi connectivity index (χ1v) is 9.90. The molecule has 1 aliphatic heterocycles. The number of halogens is 7. The molecule has 0 aliphatic carbocycles. The van der Waals surface area contributed by atoms with Crippen molar-refractivity contribution in [1.29, 1.82) is 0 Å². The summed E-state index contributed by atoms with van der Waals surface area (Å²) in [5.74, 6) is -0.300. The second-order valence-corrected chi connectivity index (χ2v) is 8.46. The molecule has 0 bridgehead atoms. The molecule has 1 fully saturated rings. The van der Waals surface area contributed by atoms with Gasteiger partial charge in [0, 0.05) is 24.7 Å². The molecule has 0 aromatic heterocycles. The zero-order chi connectivity index (χ0) is 22.0. The highest BCUT2D eigenvalue weighted by Crippen LogP contribution is 2.36. The summed E-state index contributed by atoms with van der Waals surface area (Å²) < 4.78 is 104. The highest BCUT2D eigenvalue weighted by atomic mass is 35.5. The van der Waals surface area contributed by atoms with E-state index in [-0.39, 0.29) is 36.9 Å². The van der Waals surface area contributed by atoms with Crippen LogP contribution in [-0.4, -0.2) is 57.5 Å². The molecule has 1 heterocycles. The predicted octanol–water partition coefficient (Wildman–Crippen LogP) is 3.57. The molecule has 1 N–H and O–H groups in total. The smallest absolute Gasteiger partial charge is 0.426 e. The molecule has 0 atom stereocenters. The number of carbonyl (C=O) groups is 1. The Balaban J connectivity index is 1.78. The van der Waals surface area contributed by atoms with Crippen molar-refractivity contribution < 1.29 is 44.3 Å². The van der Waals surface area contributed by atoms with Crippen LogP contribution in [-0.2, 0) is 14.8 Å². The summed E-state index contributed by atoms with van der Waals surface area (Å²) in [4.78, 5) is 12.2. The Bertz CT molecular complexity index is 809. The van der Waals surface area contributed by atoms with Crippen molar-refractivity contribution in [1.82, 2.24) is 9.62 Å². The van der Waals surface area contributed by atoms with Crippen molar-refractivity contribution in [3.63, 3.8) is 0 Å². The van der Waals surface area contributed by atoms with Crippen LogP contribution in [0.3, 0.4) is 0 Å². The number of sulfonamides is 1. The maximum atomic E-state index is 12.4. The fourth-order valence-corrected chi connectivity index (χ4v) is 3.66. The number of hydrogen-bond donors (Lipinski definition) is 1. The van der Waals surface area contributed by atoms with Crippen molar-refractivity contribution in [2.24, 2.45) is 5.92 Å². The molecule has 1 aliphatic rings. The second-order valence-electron chi connectivity index (χ2n) is 6.26. The van der Waals surface area contributed by atoms with Crippen molar-refractivity contribution in [3.8, 4) is 0 Å². The van der Waals surface area contributed by atoms with Gasteiger partial charge in [-0.3, -0.25) is 0 Å². The molecule has 6 nitrogen and oxygen atoms in total. The molecule has 1 saturated heterocycles. The number of nitrogens with zero attached hydrogens (tertiary/aromatic N) is 1. The third-order valence-electron chi connectivity index (χ3n) is 4.00. The van der Waals surface area contributed by atoms with E-state index in [0.29, 0.717) is 9.92 Å². The third-order valence-corrected chi connectivity index (χ3v) is 5.73. The van der Waals surface area contributed by atoms with E-state index in [4.69, 9.17) is 11.6 Å². The van der Waals surface area contributed by atoms with Gasteiger partial charge in [0.05, 0.1) is 4.90 Å². The Morgan fingerprint density at radius 2 is 1.66 bits per heavy atom. The van der Waals surface area contributed by atoms with Crippen LogP contribution >= 0.6 is 11.6 Å². The predicted molar refractivity (Wildman–Crippen MR) is 88.7 cm³/mol. The van der Waals surface area contributed by atoms with Gasteiger partial charge < -0.3 is 9.64 Å². The normalized spacial score (nSPS) is 16.1. The number of hydrogen-bond acceptors (Lipinski definition) is 4. The summed E-state index contributed by atoms with van der Waals surface area (Å²) in [7, 11) is -3.80. The van der Waals surface area contributed by atoms with Crippen LogP contribution in [0, 0.1) is 5.92 Å². The van der Waals surface area contributed by atoms with Crippen molar-refractivity contribution in [2.45, 2.75) is 29.8 Å². The van der Waals surface area contributed by atoms with Gasteiger partial charge in [0.2, 0.25) is 10.0 Å². The fraction of sp³-hybridized carbons (Fsp3) is 0.533. The lowest BCUT2D eigenvalue weighted by Gasteiger charge is -2.39. The minimum absolute atomic E-state index is 0.0222. The lowest BCUT2D eigenvalue weighted by Crippen LogP contribution is -2.54. The molecule has 164 valence electrons. The van der Waals surface area contributed by atoms with E-state index in [1.165, 1.54) is 24.3 Å². The van der Waals surface area contributed by atoms with E-state index >= 15 is 0 Å². The molecule has 29 heavy (non-hydrogen) atoms. The number of carbonyl (C=O) groups excluding carboxylic acids is 1. The Kier molecular flexibility index (Phi) is 6.95. The fourth-order valence-electron chi connectivity index (χ4n) is 2.49. The van der Waals surface area contributed by atoms with E-state index in [2.05, 4.69) is 9.46 Å². The van der Waals surface area contributed by atoms with Gasteiger partial charge in [-0.05, 0) is 36.6 Å². The molecular weight excluding hydrogens is 454 g/mol. The summed E-state index contributed by atoms with van der Waals surface area (Å²) >= 11 is 5.67. The standard InChI is InChI=1S/C15H15ClF6N2O4S/c16-10-1-3-11(4-2-10)29(26,27)23-6-5-9-7-24(8-9)13(25)28-12(14(17,18)19)15(20,21)22/h1-4,9,12,23H,5-8H2. The zero-order valence-electron chi connectivity index (χ0n) is 14.4. The number of likely N-dealkylation sites (tertiary alicyclic amines) is 1. The topological polar surface area (TPSA) is 75.7 Å². The van der Waals surface area contributed by atoms with Crippen LogP contribution in [0.4, 0.5) is 31.1 Å². The van der Waals surface area contributed by atoms with Gasteiger partial charge in [-0.15, -0.1) is 0 Å². The quantitative estimate of drug-likeness (QED) is 0.648. The van der Waals surface area contributed by atoms with Crippen LogP contribution in [0.5, 0.6) is 0 Å². The van der Waals surface area contributed by atoms with Gasteiger partial charge in [-0.2, -0.15) is 26.3 Å². The third kappa shape index (κ3) is 6.37. The average molecular weight is 469 g/mol. The summed E-state index contributed by atoms with van der Waals surface area (Å²) in [5, 5.41) is 0.351. The van der Waals surface area contributed by atoms with Crippen molar-refractivity contribution >= 4 is 27.7 Å². The summed E-state index contributed by atoms with van der Waals surface area (Å²) in [6.45, 7) is -0.333. The average Bonchev–Trinajstić information content (AvgIpc) is 2.52. The molecule has 1 aromatic carbocycles.